The van der Waals surface area contributed by atoms with Crippen LogP contribution in [0.4, 0.5) is 18.9 Å². The van der Waals surface area contributed by atoms with Crippen molar-refractivity contribution in [2.24, 2.45) is 0 Å². The van der Waals surface area contributed by atoms with Gasteiger partial charge in [-0.1, -0.05) is 23.2 Å². The van der Waals surface area contributed by atoms with Crippen molar-refractivity contribution >= 4 is 28.9 Å². The molecule has 0 saturated heterocycles. The molecule has 0 aromatic heterocycles. The Morgan fingerprint density at radius 2 is 1.62 bits per heavy atom. The molecule has 1 aromatic rings. The zero-order valence-electron chi connectivity index (χ0n) is 8.24. The smallest absolute Gasteiger partial charge is 0.385 e. The summed E-state index contributed by atoms with van der Waals surface area (Å²) in [6, 6.07) is 4.78. The highest BCUT2D eigenvalue weighted by Crippen LogP contribution is 2.24. The molecule has 0 atom stereocenters. The minimum Gasteiger partial charge on any atom is -0.385 e. The first-order chi connectivity index (χ1) is 7.37. The fraction of sp³-hybridized carbons (Fsp3) is 0.400. The maximum absolute atomic E-state index is 11.8. The van der Waals surface area contributed by atoms with Gasteiger partial charge in [0.05, 0.1) is 0 Å². The lowest BCUT2D eigenvalue weighted by Gasteiger charge is -2.09. The van der Waals surface area contributed by atoms with Crippen LogP contribution in [0.1, 0.15) is 12.8 Å². The van der Waals surface area contributed by atoms with Crippen molar-refractivity contribution < 1.29 is 13.2 Å². The van der Waals surface area contributed by atoms with Crippen LogP contribution in [0.5, 0.6) is 0 Å². The molecule has 1 rings (SSSR count). The largest absolute Gasteiger partial charge is 0.389 e. The highest BCUT2D eigenvalue weighted by atomic mass is 35.5. The molecule has 1 N–H and O–H groups in total. The van der Waals surface area contributed by atoms with E-state index in [9.17, 15) is 13.2 Å². The maximum atomic E-state index is 11.8. The molecule has 0 bridgehead atoms. The van der Waals surface area contributed by atoms with Gasteiger partial charge in [0, 0.05) is 28.7 Å². The summed E-state index contributed by atoms with van der Waals surface area (Å²) in [4.78, 5) is 0. The monoisotopic (exact) mass is 271 g/mol. The molecule has 0 saturated carbocycles. The zero-order valence-corrected chi connectivity index (χ0v) is 9.76. The van der Waals surface area contributed by atoms with Crippen molar-refractivity contribution in [3.63, 3.8) is 0 Å². The molecule has 0 amide bonds. The molecule has 0 spiro atoms. The number of rotatable bonds is 4. The van der Waals surface area contributed by atoms with E-state index >= 15 is 0 Å². The Labute approximate surface area is 102 Å². The van der Waals surface area contributed by atoms with Crippen molar-refractivity contribution in [3.05, 3.63) is 28.2 Å². The molecule has 90 valence electrons. The maximum Gasteiger partial charge on any atom is 0.389 e. The Hall–Kier alpha value is -0.610. The van der Waals surface area contributed by atoms with Crippen LogP contribution in [-0.2, 0) is 0 Å². The summed E-state index contributed by atoms with van der Waals surface area (Å²) in [6.07, 6.45) is -4.88. The molecule has 1 aromatic carbocycles. The van der Waals surface area contributed by atoms with E-state index in [4.69, 9.17) is 23.2 Å². The van der Waals surface area contributed by atoms with E-state index < -0.39 is 12.6 Å². The Balaban J connectivity index is 2.37. The van der Waals surface area contributed by atoms with Crippen molar-refractivity contribution in [1.82, 2.24) is 0 Å². The zero-order chi connectivity index (χ0) is 12.2. The molecule has 0 heterocycles. The van der Waals surface area contributed by atoms with Gasteiger partial charge in [0.2, 0.25) is 0 Å². The quantitative estimate of drug-likeness (QED) is 0.780. The molecule has 6 heteroatoms. The molecule has 0 radical (unpaired) electrons. The van der Waals surface area contributed by atoms with Gasteiger partial charge in [-0.25, -0.2) is 0 Å². The van der Waals surface area contributed by atoms with Crippen LogP contribution in [0, 0.1) is 0 Å². The second-order valence-corrected chi connectivity index (χ2v) is 4.18. The standard InChI is InChI=1S/C10H10Cl2F3N/c11-7-4-8(12)6-9(5-7)16-3-1-2-10(13,14)15/h4-6,16H,1-3H2. The van der Waals surface area contributed by atoms with Gasteiger partial charge in [0.15, 0.2) is 0 Å². The minimum absolute atomic E-state index is 0.0215. The summed E-state index contributed by atoms with van der Waals surface area (Å²) in [5, 5.41) is 3.73. The van der Waals surface area contributed by atoms with Crippen molar-refractivity contribution in [2.75, 3.05) is 11.9 Å². The lowest BCUT2D eigenvalue weighted by atomic mass is 10.2. The van der Waals surface area contributed by atoms with Crippen molar-refractivity contribution in [1.29, 1.82) is 0 Å². The first kappa shape index (κ1) is 13.5. The van der Waals surface area contributed by atoms with Gasteiger partial charge in [-0.05, 0) is 24.6 Å². The molecular formula is C10H10Cl2F3N. The fourth-order valence-electron chi connectivity index (χ4n) is 1.18. The Morgan fingerprint density at radius 1 is 1.06 bits per heavy atom. The topological polar surface area (TPSA) is 12.0 Å². The summed E-state index contributed by atoms with van der Waals surface area (Å²) in [7, 11) is 0. The normalized spacial score (nSPS) is 11.6. The number of nitrogens with one attached hydrogen (secondary N) is 1. The summed E-state index contributed by atoms with van der Waals surface area (Å²) in [5.41, 5.74) is 0.625. The third-order valence-electron chi connectivity index (χ3n) is 1.83. The van der Waals surface area contributed by atoms with E-state index in [0.29, 0.717) is 15.7 Å². The van der Waals surface area contributed by atoms with E-state index in [1.54, 1.807) is 18.2 Å². The number of halogens is 5. The molecule has 0 aliphatic carbocycles. The Bertz CT molecular complexity index is 332. The van der Waals surface area contributed by atoms with Crippen molar-refractivity contribution in [2.45, 2.75) is 19.0 Å². The van der Waals surface area contributed by atoms with Crippen LogP contribution < -0.4 is 5.32 Å². The number of hydrogen-bond acceptors (Lipinski definition) is 1. The summed E-state index contributed by atoms with van der Waals surface area (Å²) in [6.45, 7) is 0.232. The molecule has 0 aliphatic rings. The lowest BCUT2D eigenvalue weighted by molar-refractivity contribution is -0.134. The molecule has 0 fully saturated rings. The van der Waals surface area contributed by atoms with Gasteiger partial charge < -0.3 is 5.32 Å². The number of alkyl halides is 3. The second kappa shape index (κ2) is 5.64. The van der Waals surface area contributed by atoms with Crippen LogP contribution in [-0.4, -0.2) is 12.7 Å². The Kier molecular flexibility index (Phi) is 4.74. The number of hydrogen-bond donors (Lipinski definition) is 1. The van der Waals surface area contributed by atoms with Crippen LogP contribution in [0.15, 0.2) is 18.2 Å². The van der Waals surface area contributed by atoms with E-state index in [-0.39, 0.29) is 13.0 Å². The highest BCUT2D eigenvalue weighted by Gasteiger charge is 2.25. The second-order valence-electron chi connectivity index (χ2n) is 3.30. The van der Waals surface area contributed by atoms with Gasteiger partial charge in [0.1, 0.15) is 0 Å². The predicted octanol–water partition coefficient (Wildman–Crippen LogP) is 4.75. The van der Waals surface area contributed by atoms with Crippen molar-refractivity contribution in [3.8, 4) is 0 Å². The third kappa shape index (κ3) is 5.47. The summed E-state index contributed by atoms with van der Waals surface area (Å²) in [5.74, 6) is 0. The Morgan fingerprint density at radius 3 is 2.12 bits per heavy atom. The van der Waals surface area contributed by atoms with Crippen LogP contribution >= 0.6 is 23.2 Å². The summed E-state index contributed by atoms with van der Waals surface area (Å²) >= 11 is 11.5. The fourth-order valence-corrected chi connectivity index (χ4v) is 1.70. The molecule has 0 aliphatic heterocycles. The lowest BCUT2D eigenvalue weighted by Crippen LogP contribution is -2.10. The SMILES string of the molecule is FC(F)(F)CCCNc1cc(Cl)cc(Cl)c1. The molecule has 1 nitrogen and oxygen atoms in total. The summed E-state index contributed by atoms with van der Waals surface area (Å²) < 4.78 is 35.5. The first-order valence-electron chi connectivity index (χ1n) is 4.63. The molecular weight excluding hydrogens is 262 g/mol. The molecule has 16 heavy (non-hydrogen) atoms. The van der Waals surface area contributed by atoms with Gasteiger partial charge in [-0.3, -0.25) is 0 Å². The predicted molar refractivity (Wildman–Crippen MR) is 60.2 cm³/mol. The minimum atomic E-state index is -4.10. The van der Waals surface area contributed by atoms with E-state index in [2.05, 4.69) is 5.32 Å². The highest BCUT2D eigenvalue weighted by molar-refractivity contribution is 6.35. The van der Waals surface area contributed by atoms with Gasteiger partial charge >= 0.3 is 6.18 Å². The van der Waals surface area contributed by atoms with Crippen LogP contribution in [0.2, 0.25) is 10.0 Å². The van der Waals surface area contributed by atoms with Gasteiger partial charge in [0.25, 0.3) is 0 Å². The molecule has 0 unspecified atom stereocenters. The van der Waals surface area contributed by atoms with Gasteiger partial charge in [-0.15, -0.1) is 0 Å². The van der Waals surface area contributed by atoms with Gasteiger partial charge in [-0.2, -0.15) is 13.2 Å². The number of anilines is 1. The van der Waals surface area contributed by atoms with Crippen LogP contribution in [0.25, 0.3) is 0 Å². The number of benzene rings is 1. The first-order valence-corrected chi connectivity index (χ1v) is 5.39. The van der Waals surface area contributed by atoms with E-state index in [1.165, 1.54) is 0 Å². The average molecular weight is 272 g/mol. The van der Waals surface area contributed by atoms with E-state index in [1.807, 2.05) is 0 Å². The third-order valence-corrected chi connectivity index (χ3v) is 2.27. The van der Waals surface area contributed by atoms with Crippen LogP contribution in [0.3, 0.4) is 0 Å². The van der Waals surface area contributed by atoms with E-state index in [0.717, 1.165) is 0 Å². The average Bonchev–Trinajstić information content (AvgIpc) is 2.09.